The Morgan fingerprint density at radius 2 is 1.85 bits per heavy atom. The normalized spacial score (nSPS) is 25.0. The highest BCUT2D eigenvalue weighted by atomic mass is 16.5. The van der Waals surface area contributed by atoms with E-state index in [0.29, 0.717) is 24.0 Å². The maximum absolute atomic E-state index is 12.2. The maximum atomic E-state index is 12.2. The first kappa shape index (κ1) is 17.2. The monoisotopic (exact) mass is 354 g/mol. The van der Waals surface area contributed by atoms with E-state index in [1.807, 2.05) is 17.0 Å². The molecule has 26 heavy (non-hydrogen) atoms. The summed E-state index contributed by atoms with van der Waals surface area (Å²) in [5, 5.41) is 11.9. The Morgan fingerprint density at radius 1 is 1.15 bits per heavy atom. The van der Waals surface area contributed by atoms with Crippen LogP contribution in [0.15, 0.2) is 24.3 Å². The van der Waals surface area contributed by atoms with Gasteiger partial charge in [0, 0.05) is 39.3 Å². The van der Waals surface area contributed by atoms with Crippen LogP contribution in [-0.2, 0) is 0 Å². The summed E-state index contributed by atoms with van der Waals surface area (Å²) in [6, 6.07) is 9.47. The van der Waals surface area contributed by atoms with Crippen LogP contribution in [0.25, 0.3) is 0 Å². The molecule has 3 fully saturated rings. The van der Waals surface area contributed by atoms with Gasteiger partial charge in [0.15, 0.2) is 0 Å². The minimum absolute atomic E-state index is 0.127. The molecule has 6 heteroatoms. The molecule has 4 rings (SSSR count). The minimum Gasteiger partial charge on any atom is -0.492 e. The van der Waals surface area contributed by atoms with Gasteiger partial charge in [-0.3, -0.25) is 4.90 Å². The molecule has 2 unspecified atom stereocenters. The van der Waals surface area contributed by atoms with Gasteiger partial charge in [-0.15, -0.1) is 0 Å². The van der Waals surface area contributed by atoms with Crippen LogP contribution in [0.3, 0.4) is 0 Å². The molecule has 1 aromatic carbocycles. The van der Waals surface area contributed by atoms with Crippen molar-refractivity contribution in [3.63, 3.8) is 0 Å². The van der Waals surface area contributed by atoms with Crippen LogP contribution < -0.4 is 10.1 Å². The third-order valence-corrected chi connectivity index (χ3v) is 5.75. The molecule has 3 aliphatic rings. The summed E-state index contributed by atoms with van der Waals surface area (Å²) in [4.78, 5) is 16.7. The number of carbonyl (C=O) groups is 1. The summed E-state index contributed by atoms with van der Waals surface area (Å²) in [5.41, 5.74) is 0.649. The number of amides is 2. The van der Waals surface area contributed by atoms with Gasteiger partial charge in [0.05, 0.1) is 11.6 Å². The van der Waals surface area contributed by atoms with Crippen LogP contribution in [0.5, 0.6) is 5.75 Å². The first-order valence-corrected chi connectivity index (χ1v) is 9.59. The average Bonchev–Trinajstić information content (AvgIpc) is 3.29. The van der Waals surface area contributed by atoms with Gasteiger partial charge >= 0.3 is 6.03 Å². The number of hydrogen-bond acceptors (Lipinski definition) is 4. The molecule has 1 aliphatic carbocycles. The van der Waals surface area contributed by atoms with E-state index in [9.17, 15) is 4.79 Å². The first-order chi connectivity index (χ1) is 12.7. The fourth-order valence-corrected chi connectivity index (χ4v) is 4.02. The van der Waals surface area contributed by atoms with Crippen molar-refractivity contribution in [3.8, 4) is 11.8 Å². The lowest BCUT2D eigenvalue weighted by molar-refractivity contribution is 0.193. The number of benzene rings is 1. The van der Waals surface area contributed by atoms with Crippen molar-refractivity contribution >= 4 is 6.03 Å². The second-order valence-corrected chi connectivity index (χ2v) is 7.80. The smallest absolute Gasteiger partial charge is 0.317 e. The number of fused-ring (bicyclic) bond motifs is 1. The van der Waals surface area contributed by atoms with Gasteiger partial charge in [-0.1, -0.05) is 0 Å². The average molecular weight is 354 g/mol. The molecule has 0 aromatic heterocycles. The van der Waals surface area contributed by atoms with E-state index in [1.54, 1.807) is 12.1 Å². The third-order valence-electron chi connectivity index (χ3n) is 5.75. The van der Waals surface area contributed by atoms with Crippen molar-refractivity contribution in [2.45, 2.75) is 12.8 Å². The number of rotatable bonds is 6. The van der Waals surface area contributed by atoms with Gasteiger partial charge in [-0.2, -0.15) is 5.26 Å². The SMILES string of the molecule is N#Cc1ccc(OCCN2CC3CN(C(=O)NCC4CC4)CC3C2)cc1. The summed E-state index contributed by atoms with van der Waals surface area (Å²) < 4.78 is 5.78. The highest BCUT2D eigenvalue weighted by Crippen LogP contribution is 2.31. The van der Waals surface area contributed by atoms with Crippen molar-refractivity contribution in [3.05, 3.63) is 29.8 Å². The molecular weight excluding hydrogens is 328 g/mol. The van der Waals surface area contributed by atoms with Crippen molar-refractivity contribution in [1.29, 1.82) is 5.26 Å². The van der Waals surface area contributed by atoms with E-state index in [1.165, 1.54) is 12.8 Å². The van der Waals surface area contributed by atoms with Crippen LogP contribution in [0.4, 0.5) is 4.79 Å². The van der Waals surface area contributed by atoms with Crippen LogP contribution in [-0.4, -0.2) is 61.7 Å². The number of urea groups is 1. The summed E-state index contributed by atoms with van der Waals surface area (Å²) in [7, 11) is 0. The molecule has 1 saturated carbocycles. The number of hydrogen-bond donors (Lipinski definition) is 1. The van der Waals surface area contributed by atoms with Gasteiger partial charge in [-0.05, 0) is 54.9 Å². The quantitative estimate of drug-likeness (QED) is 0.847. The van der Waals surface area contributed by atoms with E-state index in [4.69, 9.17) is 10.00 Å². The highest BCUT2D eigenvalue weighted by Gasteiger charge is 2.41. The molecule has 1 aromatic rings. The number of nitrogens with one attached hydrogen (secondary N) is 1. The van der Waals surface area contributed by atoms with E-state index in [0.717, 1.165) is 50.9 Å². The molecule has 2 aliphatic heterocycles. The lowest BCUT2D eigenvalue weighted by Gasteiger charge is -2.22. The number of likely N-dealkylation sites (tertiary alicyclic amines) is 2. The summed E-state index contributed by atoms with van der Waals surface area (Å²) in [5.74, 6) is 2.72. The summed E-state index contributed by atoms with van der Waals surface area (Å²) in [6.07, 6.45) is 2.54. The Hall–Kier alpha value is -2.26. The van der Waals surface area contributed by atoms with Gasteiger partial charge < -0.3 is 15.0 Å². The van der Waals surface area contributed by atoms with Crippen molar-refractivity contribution in [1.82, 2.24) is 15.1 Å². The number of nitriles is 1. The van der Waals surface area contributed by atoms with Gasteiger partial charge in [0.2, 0.25) is 0 Å². The molecule has 2 atom stereocenters. The minimum atomic E-state index is 0.127. The lowest BCUT2D eigenvalue weighted by Crippen LogP contribution is -2.41. The Balaban J connectivity index is 1.16. The first-order valence-electron chi connectivity index (χ1n) is 9.59. The van der Waals surface area contributed by atoms with E-state index in [2.05, 4.69) is 16.3 Å². The molecule has 2 heterocycles. The third kappa shape index (κ3) is 4.10. The molecule has 2 amide bonds. The molecule has 6 nitrogen and oxygen atoms in total. The fraction of sp³-hybridized carbons (Fsp3) is 0.600. The molecular formula is C20H26N4O2. The highest BCUT2D eigenvalue weighted by molar-refractivity contribution is 5.74. The van der Waals surface area contributed by atoms with E-state index >= 15 is 0 Å². The summed E-state index contributed by atoms with van der Waals surface area (Å²) >= 11 is 0. The second kappa shape index (κ2) is 7.55. The molecule has 2 saturated heterocycles. The Morgan fingerprint density at radius 3 is 2.46 bits per heavy atom. The van der Waals surface area contributed by atoms with Crippen molar-refractivity contribution in [2.75, 3.05) is 45.9 Å². The fourth-order valence-electron chi connectivity index (χ4n) is 4.02. The molecule has 0 bridgehead atoms. The van der Waals surface area contributed by atoms with Gasteiger partial charge in [0.25, 0.3) is 0 Å². The van der Waals surface area contributed by atoms with Crippen LogP contribution in [0.2, 0.25) is 0 Å². The van der Waals surface area contributed by atoms with Gasteiger partial charge in [0.1, 0.15) is 12.4 Å². The predicted molar refractivity (Wildman–Crippen MR) is 97.8 cm³/mol. The van der Waals surface area contributed by atoms with Crippen LogP contribution >= 0.6 is 0 Å². The largest absolute Gasteiger partial charge is 0.492 e. The van der Waals surface area contributed by atoms with Gasteiger partial charge in [-0.25, -0.2) is 4.79 Å². The number of nitrogens with zero attached hydrogens (tertiary/aromatic N) is 3. The van der Waals surface area contributed by atoms with Crippen LogP contribution in [0.1, 0.15) is 18.4 Å². The van der Waals surface area contributed by atoms with Crippen LogP contribution in [0, 0.1) is 29.1 Å². The zero-order valence-electron chi connectivity index (χ0n) is 15.1. The Bertz CT molecular complexity index is 666. The maximum Gasteiger partial charge on any atom is 0.317 e. The molecule has 138 valence electrons. The predicted octanol–water partition coefficient (Wildman–Crippen LogP) is 1.92. The second-order valence-electron chi connectivity index (χ2n) is 7.80. The Labute approximate surface area is 154 Å². The molecule has 0 spiro atoms. The molecule has 0 radical (unpaired) electrons. The van der Waals surface area contributed by atoms with Crippen molar-refractivity contribution < 1.29 is 9.53 Å². The van der Waals surface area contributed by atoms with Crippen molar-refractivity contribution in [2.24, 2.45) is 17.8 Å². The number of carbonyl (C=O) groups excluding carboxylic acids is 1. The summed E-state index contributed by atoms with van der Waals surface area (Å²) in [6.45, 7) is 6.27. The lowest BCUT2D eigenvalue weighted by atomic mass is 10.0. The Kier molecular flexibility index (Phi) is 4.98. The van der Waals surface area contributed by atoms with E-state index < -0.39 is 0 Å². The van der Waals surface area contributed by atoms with E-state index in [-0.39, 0.29) is 6.03 Å². The molecule has 1 N–H and O–H groups in total. The topological polar surface area (TPSA) is 68.6 Å². The number of ether oxygens (including phenoxy) is 1. The zero-order chi connectivity index (χ0) is 17.9. The zero-order valence-corrected chi connectivity index (χ0v) is 15.1. The standard InChI is InChI=1S/C20H26N4O2/c21-9-15-3-5-19(6-4-15)26-8-7-23-11-17-13-24(14-18(17)12-23)20(25)22-10-16-1-2-16/h3-6,16-18H,1-2,7-8,10-14H2,(H,22,25).